The van der Waals surface area contributed by atoms with Crippen molar-refractivity contribution in [2.75, 3.05) is 6.61 Å². The van der Waals surface area contributed by atoms with Crippen LogP contribution in [0.25, 0.3) is 0 Å². The zero-order valence-electron chi connectivity index (χ0n) is 9.24. The Kier molecular flexibility index (Phi) is 2.31. The number of fused-ring (bicyclic) bond motifs is 3. The second-order valence-corrected chi connectivity index (χ2v) is 5.71. The van der Waals surface area contributed by atoms with Crippen LogP contribution < -0.4 is 0 Å². The quantitative estimate of drug-likeness (QED) is 0.575. The van der Waals surface area contributed by atoms with Gasteiger partial charge in [-0.2, -0.15) is 0 Å². The first-order valence-corrected chi connectivity index (χ1v) is 6.48. The van der Waals surface area contributed by atoms with E-state index in [1.807, 2.05) is 0 Å². The van der Waals surface area contributed by atoms with Crippen LogP contribution in [0.3, 0.4) is 0 Å². The lowest BCUT2D eigenvalue weighted by Gasteiger charge is -2.43. The van der Waals surface area contributed by atoms with Crippen molar-refractivity contribution in [1.29, 1.82) is 0 Å². The number of hydrogen-bond acceptors (Lipinski definition) is 1. The van der Waals surface area contributed by atoms with Crippen molar-refractivity contribution in [3.63, 3.8) is 0 Å². The molecule has 1 nitrogen and oxygen atoms in total. The van der Waals surface area contributed by atoms with Crippen molar-refractivity contribution in [3.8, 4) is 0 Å². The molecule has 2 saturated carbocycles. The molecule has 0 aromatic carbocycles. The van der Waals surface area contributed by atoms with Crippen molar-refractivity contribution < 1.29 is 4.74 Å². The Morgan fingerprint density at radius 1 is 1.00 bits per heavy atom. The zero-order chi connectivity index (χ0) is 9.54. The maximum Gasteiger partial charge on any atom is 0.0609 e. The molecular weight excluding hydrogens is 172 g/mol. The standard InChI is InChI=1S/C13H22O/c1-9-8-14-12-7-6-10-4-2-3-5-11(10)13(9)12/h9-13H,2-8H2,1H3. The molecule has 0 aromatic rings. The van der Waals surface area contributed by atoms with Crippen molar-refractivity contribution in [2.24, 2.45) is 23.7 Å². The Morgan fingerprint density at radius 3 is 2.79 bits per heavy atom. The van der Waals surface area contributed by atoms with E-state index in [-0.39, 0.29) is 0 Å². The first-order chi connectivity index (χ1) is 6.86. The van der Waals surface area contributed by atoms with Gasteiger partial charge in [0, 0.05) is 6.61 Å². The van der Waals surface area contributed by atoms with E-state index in [2.05, 4.69) is 6.92 Å². The summed E-state index contributed by atoms with van der Waals surface area (Å²) in [6, 6.07) is 0. The van der Waals surface area contributed by atoms with Crippen molar-refractivity contribution >= 4 is 0 Å². The van der Waals surface area contributed by atoms with E-state index in [4.69, 9.17) is 4.74 Å². The average Bonchev–Trinajstić information content (AvgIpc) is 2.61. The van der Waals surface area contributed by atoms with Crippen LogP contribution in [0.1, 0.15) is 45.4 Å². The number of rotatable bonds is 0. The van der Waals surface area contributed by atoms with Gasteiger partial charge in [-0.1, -0.05) is 26.2 Å². The fourth-order valence-corrected chi connectivity index (χ4v) is 4.32. The molecule has 80 valence electrons. The number of hydrogen-bond donors (Lipinski definition) is 0. The fourth-order valence-electron chi connectivity index (χ4n) is 4.32. The van der Waals surface area contributed by atoms with Crippen LogP contribution in [0.4, 0.5) is 0 Å². The smallest absolute Gasteiger partial charge is 0.0609 e. The minimum Gasteiger partial charge on any atom is -0.378 e. The second-order valence-electron chi connectivity index (χ2n) is 5.71. The van der Waals surface area contributed by atoms with Crippen LogP contribution in [-0.4, -0.2) is 12.7 Å². The molecule has 0 N–H and O–H groups in total. The molecule has 0 radical (unpaired) electrons. The summed E-state index contributed by atoms with van der Waals surface area (Å²) < 4.78 is 5.92. The largest absolute Gasteiger partial charge is 0.378 e. The van der Waals surface area contributed by atoms with E-state index in [0.717, 1.165) is 30.3 Å². The van der Waals surface area contributed by atoms with Gasteiger partial charge < -0.3 is 4.74 Å². The third-order valence-electron chi connectivity index (χ3n) is 4.94. The van der Waals surface area contributed by atoms with Gasteiger partial charge >= 0.3 is 0 Å². The molecule has 1 heterocycles. The van der Waals surface area contributed by atoms with Crippen LogP contribution in [0.15, 0.2) is 0 Å². The van der Waals surface area contributed by atoms with E-state index in [9.17, 15) is 0 Å². The second kappa shape index (κ2) is 3.52. The lowest BCUT2D eigenvalue weighted by atomic mass is 9.62. The summed E-state index contributed by atoms with van der Waals surface area (Å²) in [7, 11) is 0. The SMILES string of the molecule is CC1COC2CCC3CCCCC3C12. The molecule has 1 heteroatoms. The molecule has 0 bridgehead atoms. The average molecular weight is 194 g/mol. The zero-order valence-corrected chi connectivity index (χ0v) is 9.24. The highest BCUT2D eigenvalue weighted by Gasteiger charge is 2.46. The summed E-state index contributed by atoms with van der Waals surface area (Å²) >= 11 is 0. The maximum atomic E-state index is 5.92. The highest BCUT2D eigenvalue weighted by molar-refractivity contribution is 4.95. The molecule has 14 heavy (non-hydrogen) atoms. The van der Waals surface area contributed by atoms with E-state index in [1.165, 1.54) is 38.5 Å². The predicted octanol–water partition coefficient (Wildman–Crippen LogP) is 3.24. The Hall–Kier alpha value is -0.0400. The van der Waals surface area contributed by atoms with Crippen molar-refractivity contribution in [1.82, 2.24) is 0 Å². The van der Waals surface area contributed by atoms with Crippen LogP contribution >= 0.6 is 0 Å². The van der Waals surface area contributed by atoms with Crippen molar-refractivity contribution in [2.45, 2.75) is 51.6 Å². The molecule has 2 aliphatic carbocycles. The summed E-state index contributed by atoms with van der Waals surface area (Å²) in [5.74, 6) is 3.86. The van der Waals surface area contributed by atoms with E-state index < -0.39 is 0 Å². The Balaban J connectivity index is 1.80. The molecule has 1 saturated heterocycles. The molecule has 5 unspecified atom stereocenters. The summed E-state index contributed by atoms with van der Waals surface area (Å²) in [4.78, 5) is 0. The van der Waals surface area contributed by atoms with Gasteiger partial charge in [0.05, 0.1) is 6.10 Å². The van der Waals surface area contributed by atoms with Crippen LogP contribution in [-0.2, 0) is 4.74 Å². The van der Waals surface area contributed by atoms with Gasteiger partial charge in [-0.3, -0.25) is 0 Å². The van der Waals surface area contributed by atoms with Gasteiger partial charge in [-0.05, 0) is 42.9 Å². The highest BCUT2D eigenvalue weighted by atomic mass is 16.5. The van der Waals surface area contributed by atoms with Gasteiger partial charge in [0.1, 0.15) is 0 Å². The minimum absolute atomic E-state index is 0.643. The molecular formula is C13H22O. The molecule has 0 amide bonds. The Labute approximate surface area is 87.2 Å². The lowest BCUT2D eigenvalue weighted by Crippen LogP contribution is -2.39. The molecule has 1 aliphatic heterocycles. The molecule has 3 fully saturated rings. The van der Waals surface area contributed by atoms with E-state index in [0.29, 0.717) is 6.10 Å². The number of ether oxygens (including phenoxy) is 1. The van der Waals surface area contributed by atoms with Gasteiger partial charge in [-0.25, -0.2) is 0 Å². The summed E-state index contributed by atoms with van der Waals surface area (Å²) in [6.45, 7) is 3.44. The van der Waals surface area contributed by atoms with Crippen LogP contribution in [0, 0.1) is 23.7 Å². The molecule has 3 aliphatic rings. The monoisotopic (exact) mass is 194 g/mol. The first-order valence-electron chi connectivity index (χ1n) is 6.48. The predicted molar refractivity (Wildman–Crippen MR) is 57.1 cm³/mol. The summed E-state index contributed by atoms with van der Waals surface area (Å²) in [5, 5.41) is 0. The van der Waals surface area contributed by atoms with E-state index >= 15 is 0 Å². The van der Waals surface area contributed by atoms with Gasteiger partial charge in [0.15, 0.2) is 0 Å². The van der Waals surface area contributed by atoms with Crippen molar-refractivity contribution in [3.05, 3.63) is 0 Å². The molecule has 0 spiro atoms. The van der Waals surface area contributed by atoms with Gasteiger partial charge in [0.25, 0.3) is 0 Å². The third-order valence-corrected chi connectivity index (χ3v) is 4.94. The Morgan fingerprint density at radius 2 is 1.86 bits per heavy atom. The summed E-state index contributed by atoms with van der Waals surface area (Å²) in [5.41, 5.74) is 0. The Bertz CT molecular complexity index is 213. The van der Waals surface area contributed by atoms with Crippen LogP contribution in [0.2, 0.25) is 0 Å². The van der Waals surface area contributed by atoms with Gasteiger partial charge in [0.2, 0.25) is 0 Å². The minimum atomic E-state index is 0.643. The lowest BCUT2D eigenvalue weighted by molar-refractivity contribution is 0.00151. The third kappa shape index (κ3) is 1.32. The van der Waals surface area contributed by atoms with E-state index in [1.54, 1.807) is 0 Å². The highest BCUT2D eigenvalue weighted by Crippen LogP contribution is 2.49. The van der Waals surface area contributed by atoms with Crippen LogP contribution in [0.5, 0.6) is 0 Å². The first kappa shape index (κ1) is 9.21. The van der Waals surface area contributed by atoms with Gasteiger partial charge in [-0.15, -0.1) is 0 Å². The normalized spacial score (nSPS) is 52.5. The molecule has 3 rings (SSSR count). The fraction of sp³-hybridized carbons (Fsp3) is 1.00. The molecule has 5 atom stereocenters. The maximum absolute atomic E-state index is 5.92. The molecule has 0 aromatic heterocycles. The topological polar surface area (TPSA) is 9.23 Å². The summed E-state index contributed by atoms with van der Waals surface area (Å²) in [6.07, 6.45) is 9.45.